The van der Waals surface area contributed by atoms with E-state index in [1.807, 2.05) is 30.3 Å². The summed E-state index contributed by atoms with van der Waals surface area (Å²) in [4.78, 5) is 38.5. The number of nitrogens with zero attached hydrogens (tertiary/aromatic N) is 1. The van der Waals surface area contributed by atoms with Crippen LogP contribution in [-0.2, 0) is 19.6 Å². The van der Waals surface area contributed by atoms with E-state index in [9.17, 15) is 22.8 Å². The number of amides is 2. The van der Waals surface area contributed by atoms with Gasteiger partial charge in [0.2, 0.25) is 15.9 Å². The van der Waals surface area contributed by atoms with E-state index in [0.29, 0.717) is 15.9 Å². The van der Waals surface area contributed by atoms with Crippen LogP contribution in [0.2, 0.25) is 0 Å². The fourth-order valence-corrected chi connectivity index (χ4v) is 5.42. The van der Waals surface area contributed by atoms with Crippen LogP contribution in [0.4, 0.5) is 5.00 Å². The second-order valence-corrected chi connectivity index (χ2v) is 10.7. The number of fused-ring (bicyclic) bond motifs is 1. The van der Waals surface area contributed by atoms with Crippen molar-refractivity contribution in [2.45, 2.75) is 6.92 Å². The Balaban J connectivity index is 1.48. The van der Waals surface area contributed by atoms with Gasteiger partial charge < -0.3 is 15.4 Å². The number of rotatable bonds is 8. The number of carbonyl (C=O) groups excluding carboxylic acids is 3. The molecule has 0 unspecified atom stereocenters. The third-order valence-corrected chi connectivity index (χ3v) is 7.36. The van der Waals surface area contributed by atoms with Gasteiger partial charge in [-0.05, 0) is 36.8 Å². The van der Waals surface area contributed by atoms with E-state index in [2.05, 4.69) is 10.6 Å². The van der Waals surface area contributed by atoms with E-state index in [4.69, 9.17) is 4.74 Å². The van der Waals surface area contributed by atoms with Crippen molar-refractivity contribution in [2.24, 2.45) is 0 Å². The van der Waals surface area contributed by atoms with E-state index < -0.39 is 27.8 Å². The minimum atomic E-state index is -3.54. The molecule has 0 aliphatic heterocycles. The Kier molecular flexibility index (Phi) is 7.22. The van der Waals surface area contributed by atoms with Crippen molar-refractivity contribution in [2.75, 3.05) is 24.7 Å². The van der Waals surface area contributed by atoms with Crippen molar-refractivity contribution in [3.8, 4) is 10.4 Å². The normalized spacial score (nSPS) is 11.3. The lowest BCUT2D eigenvalue weighted by Gasteiger charge is -2.08. The molecule has 2 aromatic carbocycles. The Morgan fingerprint density at radius 2 is 1.78 bits per heavy atom. The van der Waals surface area contributed by atoms with Gasteiger partial charge >= 0.3 is 5.97 Å². The summed E-state index contributed by atoms with van der Waals surface area (Å²) in [5.41, 5.74) is 1.68. The number of thiophene rings is 1. The van der Waals surface area contributed by atoms with Crippen LogP contribution in [0.25, 0.3) is 21.3 Å². The van der Waals surface area contributed by atoms with Crippen LogP contribution < -0.4 is 10.6 Å². The zero-order chi connectivity index (χ0) is 25.9. The smallest absolute Gasteiger partial charge is 0.341 e. The van der Waals surface area contributed by atoms with Crippen LogP contribution in [0.3, 0.4) is 0 Å². The van der Waals surface area contributed by atoms with E-state index in [-0.39, 0.29) is 24.3 Å². The lowest BCUT2D eigenvalue weighted by molar-refractivity contribution is -0.115. The maximum absolute atomic E-state index is 12.7. The van der Waals surface area contributed by atoms with Gasteiger partial charge in [0.15, 0.2) is 0 Å². The fraction of sp³-hybridized carbons (Fsp3) is 0.160. The number of ether oxygens (including phenoxy) is 1. The molecule has 4 rings (SSSR count). The monoisotopic (exact) mass is 525 g/mol. The quantitative estimate of drug-likeness (QED) is 0.338. The zero-order valence-corrected chi connectivity index (χ0v) is 21.1. The summed E-state index contributed by atoms with van der Waals surface area (Å²) in [5.74, 6) is -1.64. The maximum atomic E-state index is 12.7. The molecule has 0 aliphatic rings. The molecule has 0 spiro atoms. The molecule has 0 saturated heterocycles. The number of hydrogen-bond donors (Lipinski definition) is 2. The number of benzene rings is 2. The molecule has 0 fully saturated rings. The Labute approximate surface area is 211 Å². The van der Waals surface area contributed by atoms with Gasteiger partial charge in [0.25, 0.3) is 5.91 Å². The van der Waals surface area contributed by atoms with E-state index in [0.717, 1.165) is 20.7 Å². The van der Waals surface area contributed by atoms with Crippen LogP contribution in [0, 0.1) is 0 Å². The van der Waals surface area contributed by atoms with E-state index in [1.165, 1.54) is 23.6 Å². The summed E-state index contributed by atoms with van der Waals surface area (Å²) in [6, 6.07) is 17.3. The molecule has 2 N–H and O–H groups in total. The predicted molar refractivity (Wildman–Crippen MR) is 139 cm³/mol. The average molecular weight is 526 g/mol. The lowest BCUT2D eigenvalue weighted by atomic mass is 10.1. The molecule has 0 aliphatic carbocycles. The highest BCUT2D eigenvalue weighted by atomic mass is 32.2. The van der Waals surface area contributed by atoms with Crippen molar-refractivity contribution in [1.82, 2.24) is 9.29 Å². The molecule has 186 valence electrons. The van der Waals surface area contributed by atoms with Gasteiger partial charge in [-0.2, -0.15) is 0 Å². The summed E-state index contributed by atoms with van der Waals surface area (Å²) in [6.07, 6.45) is 2.49. The van der Waals surface area contributed by atoms with Crippen molar-refractivity contribution < 1.29 is 27.5 Å². The van der Waals surface area contributed by atoms with Gasteiger partial charge in [0, 0.05) is 22.0 Å². The summed E-state index contributed by atoms with van der Waals surface area (Å²) < 4.78 is 30.1. The first-order chi connectivity index (χ1) is 17.2. The average Bonchev–Trinajstić information content (AvgIpc) is 3.47. The molecule has 2 amide bonds. The summed E-state index contributed by atoms with van der Waals surface area (Å²) >= 11 is 1.23. The number of aromatic nitrogens is 1. The van der Waals surface area contributed by atoms with Gasteiger partial charge in [-0.15, -0.1) is 11.3 Å². The molecule has 0 atom stereocenters. The first kappa shape index (κ1) is 25.1. The standard InChI is InChI=1S/C25H23N3O6S2/c1-3-34-25(31)19-14-21(17-7-5-4-6-8-17)35-24(19)27-22(29)15-26-23(30)18-10-9-16-11-12-28(20(16)13-18)36(2,32)33/h4-14H,3,15H2,1-2H3,(H,26,30)(H,27,29). The third kappa shape index (κ3) is 5.47. The van der Waals surface area contributed by atoms with Crippen LogP contribution in [0.5, 0.6) is 0 Å². The maximum Gasteiger partial charge on any atom is 0.341 e. The minimum Gasteiger partial charge on any atom is -0.462 e. The van der Waals surface area contributed by atoms with Gasteiger partial charge in [-0.25, -0.2) is 17.2 Å². The number of hydrogen-bond acceptors (Lipinski definition) is 7. The number of carbonyl (C=O) groups is 3. The number of esters is 1. The Morgan fingerprint density at radius 1 is 1.03 bits per heavy atom. The summed E-state index contributed by atoms with van der Waals surface area (Å²) in [6.45, 7) is 1.52. The highest BCUT2D eigenvalue weighted by Gasteiger charge is 2.20. The second kappa shape index (κ2) is 10.3. The molecular formula is C25H23N3O6S2. The molecule has 9 nitrogen and oxygen atoms in total. The molecule has 4 aromatic rings. The highest BCUT2D eigenvalue weighted by molar-refractivity contribution is 7.89. The van der Waals surface area contributed by atoms with Crippen molar-refractivity contribution in [3.05, 3.63) is 78.0 Å². The first-order valence-electron chi connectivity index (χ1n) is 10.9. The van der Waals surface area contributed by atoms with E-state index >= 15 is 0 Å². The number of anilines is 1. The van der Waals surface area contributed by atoms with Crippen molar-refractivity contribution >= 4 is 55.0 Å². The van der Waals surface area contributed by atoms with Crippen molar-refractivity contribution in [3.63, 3.8) is 0 Å². The Bertz CT molecular complexity index is 1560. The van der Waals surface area contributed by atoms with E-state index in [1.54, 1.807) is 31.2 Å². The Morgan fingerprint density at radius 3 is 2.47 bits per heavy atom. The largest absolute Gasteiger partial charge is 0.462 e. The molecule has 0 radical (unpaired) electrons. The molecule has 0 bridgehead atoms. The molecule has 2 heterocycles. The van der Waals surface area contributed by atoms with Crippen LogP contribution in [0.1, 0.15) is 27.6 Å². The zero-order valence-electron chi connectivity index (χ0n) is 19.5. The topological polar surface area (TPSA) is 124 Å². The fourth-order valence-electron chi connectivity index (χ4n) is 3.56. The van der Waals surface area contributed by atoms with Gasteiger partial charge in [-0.3, -0.25) is 9.59 Å². The summed E-state index contributed by atoms with van der Waals surface area (Å²) in [5, 5.41) is 6.19. The third-order valence-electron chi connectivity index (χ3n) is 5.23. The Hall–Kier alpha value is -3.96. The first-order valence-corrected chi connectivity index (χ1v) is 13.6. The minimum absolute atomic E-state index is 0.186. The molecule has 11 heteroatoms. The van der Waals surface area contributed by atoms with Crippen LogP contribution in [0.15, 0.2) is 66.9 Å². The SMILES string of the molecule is CCOC(=O)c1cc(-c2ccccc2)sc1NC(=O)CNC(=O)c1ccc2ccn(S(C)(=O)=O)c2c1. The molecule has 0 saturated carbocycles. The van der Waals surface area contributed by atoms with Crippen molar-refractivity contribution in [1.29, 1.82) is 0 Å². The van der Waals surface area contributed by atoms with Gasteiger partial charge in [-0.1, -0.05) is 36.4 Å². The predicted octanol–water partition coefficient (Wildman–Crippen LogP) is 3.72. The van der Waals surface area contributed by atoms with Gasteiger partial charge in [0.1, 0.15) is 5.00 Å². The molecule has 2 aromatic heterocycles. The molecule has 36 heavy (non-hydrogen) atoms. The van der Waals surface area contributed by atoms with Crippen LogP contribution >= 0.6 is 11.3 Å². The number of nitrogens with one attached hydrogen (secondary N) is 2. The van der Waals surface area contributed by atoms with Gasteiger partial charge in [0.05, 0.1) is 30.5 Å². The molecular weight excluding hydrogens is 502 g/mol. The summed E-state index contributed by atoms with van der Waals surface area (Å²) in [7, 11) is -3.54. The lowest BCUT2D eigenvalue weighted by Crippen LogP contribution is -2.33. The highest BCUT2D eigenvalue weighted by Crippen LogP contribution is 2.35. The second-order valence-electron chi connectivity index (χ2n) is 7.82. The van der Waals surface area contributed by atoms with Crippen LogP contribution in [-0.4, -0.2) is 49.6 Å².